The highest BCUT2D eigenvalue weighted by Crippen LogP contribution is 2.12. The second kappa shape index (κ2) is 5.63. The largest absolute Gasteiger partial charge is 0.320 e. The molecule has 0 unspecified atom stereocenters. The van der Waals surface area contributed by atoms with Gasteiger partial charge < -0.3 is 5.73 Å². The zero-order valence-electron chi connectivity index (χ0n) is 10.9. The van der Waals surface area contributed by atoms with Gasteiger partial charge in [0.1, 0.15) is 17.5 Å². The summed E-state index contributed by atoms with van der Waals surface area (Å²) < 4.78 is 15.0. The van der Waals surface area contributed by atoms with Gasteiger partial charge in [-0.2, -0.15) is 5.10 Å². The van der Waals surface area contributed by atoms with Crippen LogP contribution in [0.5, 0.6) is 0 Å². The zero-order chi connectivity index (χ0) is 13.8. The number of hydrogen-bond donors (Lipinski definition) is 1. The number of benzene rings is 1. The van der Waals surface area contributed by atoms with E-state index in [1.54, 1.807) is 10.7 Å². The van der Waals surface area contributed by atoms with Crippen LogP contribution in [0.1, 0.15) is 22.8 Å². The van der Waals surface area contributed by atoms with Gasteiger partial charge in [0.05, 0.1) is 13.1 Å². The summed E-state index contributed by atoms with van der Waals surface area (Å²) in [5, 5.41) is 4.29. The standard InChI is InChI=1S/C14H15FN4/c1-10-17-11(2)19(18-10)9-13-5-6-14(15)8-12(13)4-3-7-16/h5-6,8H,7,9,16H2,1-2H3. The average molecular weight is 258 g/mol. The molecular formula is C14H15FN4. The van der Waals surface area contributed by atoms with Crippen LogP contribution in [0.25, 0.3) is 0 Å². The fourth-order valence-electron chi connectivity index (χ4n) is 1.82. The van der Waals surface area contributed by atoms with Crippen molar-refractivity contribution in [2.24, 2.45) is 5.73 Å². The Hall–Kier alpha value is -2.19. The molecule has 4 nitrogen and oxygen atoms in total. The minimum Gasteiger partial charge on any atom is -0.320 e. The van der Waals surface area contributed by atoms with E-state index in [0.29, 0.717) is 17.9 Å². The summed E-state index contributed by atoms with van der Waals surface area (Å²) in [7, 11) is 0. The van der Waals surface area contributed by atoms with Crippen LogP contribution < -0.4 is 5.73 Å². The second-order valence-corrected chi connectivity index (χ2v) is 4.17. The van der Waals surface area contributed by atoms with E-state index in [-0.39, 0.29) is 12.4 Å². The van der Waals surface area contributed by atoms with Crippen LogP contribution in [0.2, 0.25) is 0 Å². The number of hydrogen-bond acceptors (Lipinski definition) is 3. The molecule has 5 heteroatoms. The summed E-state index contributed by atoms with van der Waals surface area (Å²) in [4.78, 5) is 4.24. The van der Waals surface area contributed by atoms with Gasteiger partial charge in [-0.3, -0.25) is 0 Å². The molecule has 1 heterocycles. The molecule has 0 amide bonds. The van der Waals surface area contributed by atoms with Crippen LogP contribution in [-0.2, 0) is 6.54 Å². The van der Waals surface area contributed by atoms with Crippen molar-refractivity contribution in [1.82, 2.24) is 14.8 Å². The van der Waals surface area contributed by atoms with Crippen LogP contribution in [0.15, 0.2) is 18.2 Å². The molecule has 0 bridgehead atoms. The first-order valence-corrected chi connectivity index (χ1v) is 5.95. The predicted octanol–water partition coefficient (Wildman–Crippen LogP) is 1.39. The van der Waals surface area contributed by atoms with E-state index in [0.717, 1.165) is 11.4 Å². The molecular weight excluding hydrogens is 243 g/mol. The third-order valence-electron chi connectivity index (χ3n) is 2.68. The summed E-state index contributed by atoms with van der Waals surface area (Å²) in [6.07, 6.45) is 0. The van der Waals surface area contributed by atoms with E-state index >= 15 is 0 Å². The van der Waals surface area contributed by atoms with Gasteiger partial charge in [-0.25, -0.2) is 14.1 Å². The van der Waals surface area contributed by atoms with Crippen LogP contribution in [0.4, 0.5) is 4.39 Å². The van der Waals surface area contributed by atoms with E-state index in [1.807, 2.05) is 13.8 Å². The van der Waals surface area contributed by atoms with Crippen LogP contribution in [0.3, 0.4) is 0 Å². The number of nitrogens with two attached hydrogens (primary N) is 1. The van der Waals surface area contributed by atoms with E-state index in [1.165, 1.54) is 12.1 Å². The van der Waals surface area contributed by atoms with Gasteiger partial charge in [-0.15, -0.1) is 0 Å². The lowest BCUT2D eigenvalue weighted by atomic mass is 10.1. The molecule has 0 saturated carbocycles. The lowest BCUT2D eigenvalue weighted by Gasteiger charge is -2.06. The number of aryl methyl sites for hydroxylation is 2. The number of aromatic nitrogens is 3. The smallest absolute Gasteiger partial charge is 0.147 e. The van der Waals surface area contributed by atoms with Gasteiger partial charge in [0.25, 0.3) is 0 Å². The van der Waals surface area contributed by atoms with Gasteiger partial charge >= 0.3 is 0 Å². The second-order valence-electron chi connectivity index (χ2n) is 4.17. The highest BCUT2D eigenvalue weighted by molar-refractivity contribution is 5.42. The Morgan fingerprint density at radius 3 is 2.79 bits per heavy atom. The van der Waals surface area contributed by atoms with E-state index in [9.17, 15) is 4.39 Å². The zero-order valence-corrected chi connectivity index (χ0v) is 10.9. The maximum Gasteiger partial charge on any atom is 0.147 e. The van der Waals surface area contributed by atoms with Crippen LogP contribution in [-0.4, -0.2) is 21.3 Å². The Balaban J connectivity index is 2.36. The molecule has 0 aliphatic heterocycles. The summed E-state index contributed by atoms with van der Waals surface area (Å²) in [5.74, 6) is 6.85. The minimum atomic E-state index is -0.309. The van der Waals surface area contributed by atoms with Crippen LogP contribution >= 0.6 is 0 Å². The Kier molecular flexibility index (Phi) is 3.93. The molecule has 0 spiro atoms. The fraction of sp³-hybridized carbons (Fsp3) is 0.286. The molecule has 19 heavy (non-hydrogen) atoms. The molecule has 2 rings (SSSR count). The Labute approximate surface area is 111 Å². The molecule has 0 fully saturated rings. The first-order valence-electron chi connectivity index (χ1n) is 5.95. The van der Waals surface area contributed by atoms with Crippen molar-refractivity contribution in [3.05, 3.63) is 46.8 Å². The highest BCUT2D eigenvalue weighted by atomic mass is 19.1. The van der Waals surface area contributed by atoms with Crippen molar-refractivity contribution in [1.29, 1.82) is 0 Å². The molecule has 0 atom stereocenters. The average Bonchev–Trinajstić information content (AvgIpc) is 2.68. The maximum atomic E-state index is 13.3. The summed E-state index contributed by atoms with van der Waals surface area (Å²) >= 11 is 0. The maximum absolute atomic E-state index is 13.3. The molecule has 0 aliphatic carbocycles. The number of halogens is 1. The Morgan fingerprint density at radius 2 is 2.16 bits per heavy atom. The monoisotopic (exact) mass is 258 g/mol. The highest BCUT2D eigenvalue weighted by Gasteiger charge is 2.07. The molecule has 98 valence electrons. The normalized spacial score (nSPS) is 10.1. The summed E-state index contributed by atoms with van der Waals surface area (Å²) in [5.41, 5.74) is 6.89. The van der Waals surface area contributed by atoms with Crippen molar-refractivity contribution in [2.75, 3.05) is 6.54 Å². The van der Waals surface area contributed by atoms with Gasteiger partial charge in [-0.1, -0.05) is 17.9 Å². The molecule has 0 radical (unpaired) electrons. The Morgan fingerprint density at radius 1 is 1.37 bits per heavy atom. The molecule has 0 aliphatic rings. The van der Waals surface area contributed by atoms with Gasteiger partial charge in [0.15, 0.2) is 0 Å². The lowest BCUT2D eigenvalue weighted by molar-refractivity contribution is 0.621. The summed E-state index contributed by atoms with van der Waals surface area (Å²) in [6.45, 7) is 4.48. The van der Waals surface area contributed by atoms with Crippen molar-refractivity contribution in [3.63, 3.8) is 0 Å². The van der Waals surface area contributed by atoms with E-state index in [4.69, 9.17) is 5.73 Å². The number of nitrogens with zero attached hydrogens (tertiary/aromatic N) is 3. The molecule has 1 aromatic heterocycles. The SMILES string of the molecule is Cc1nc(C)n(Cc2ccc(F)cc2C#CCN)n1. The van der Waals surface area contributed by atoms with E-state index in [2.05, 4.69) is 21.9 Å². The van der Waals surface area contributed by atoms with E-state index < -0.39 is 0 Å². The third-order valence-corrected chi connectivity index (χ3v) is 2.68. The minimum absolute atomic E-state index is 0.247. The van der Waals surface area contributed by atoms with Crippen molar-refractivity contribution >= 4 is 0 Å². The molecule has 2 N–H and O–H groups in total. The molecule has 0 saturated heterocycles. The summed E-state index contributed by atoms with van der Waals surface area (Å²) in [6, 6.07) is 4.55. The fourth-order valence-corrected chi connectivity index (χ4v) is 1.82. The predicted molar refractivity (Wildman–Crippen MR) is 70.9 cm³/mol. The molecule has 2 aromatic rings. The van der Waals surface area contributed by atoms with Gasteiger partial charge in [0.2, 0.25) is 0 Å². The van der Waals surface area contributed by atoms with Crippen molar-refractivity contribution in [2.45, 2.75) is 20.4 Å². The van der Waals surface area contributed by atoms with Crippen molar-refractivity contribution in [3.8, 4) is 11.8 Å². The first kappa shape index (κ1) is 13.2. The Bertz CT molecular complexity index is 649. The van der Waals surface area contributed by atoms with Crippen molar-refractivity contribution < 1.29 is 4.39 Å². The quantitative estimate of drug-likeness (QED) is 0.828. The van der Waals surface area contributed by atoms with Gasteiger partial charge in [-0.05, 0) is 31.5 Å². The lowest BCUT2D eigenvalue weighted by Crippen LogP contribution is -2.06. The first-order chi connectivity index (χ1) is 9.10. The topological polar surface area (TPSA) is 56.7 Å². The third kappa shape index (κ3) is 3.18. The van der Waals surface area contributed by atoms with Gasteiger partial charge in [0, 0.05) is 5.56 Å². The molecule has 1 aromatic carbocycles. The number of rotatable bonds is 2. The van der Waals surface area contributed by atoms with Crippen LogP contribution in [0, 0.1) is 31.5 Å².